The number of pyridine rings is 1. The van der Waals surface area contributed by atoms with Gasteiger partial charge in [-0.15, -0.1) is 0 Å². The standard InChI is InChI=1S/C17H21F3N2/c18-17(19,20)14-1-2-21-16(8-14)22-9-15-12-4-10-3-11(6-12)7-13(15)5-10/h1-2,8,10-13,15H,3-7,9H2,(H,21,22). The summed E-state index contributed by atoms with van der Waals surface area (Å²) in [4.78, 5) is 4.04. The van der Waals surface area contributed by atoms with E-state index in [0.29, 0.717) is 11.7 Å². The van der Waals surface area contributed by atoms with E-state index in [0.717, 1.165) is 42.3 Å². The molecule has 5 heteroatoms. The SMILES string of the molecule is FC(F)(F)c1ccnc(NCC2C3CC4CC(C3)CC2C4)c1. The maximum Gasteiger partial charge on any atom is 0.416 e. The summed E-state index contributed by atoms with van der Waals surface area (Å²) in [5.41, 5.74) is -0.630. The molecule has 4 bridgehead atoms. The minimum absolute atomic E-state index is 0.351. The monoisotopic (exact) mass is 310 g/mol. The molecule has 2 nitrogen and oxygen atoms in total. The Morgan fingerprint density at radius 2 is 1.68 bits per heavy atom. The van der Waals surface area contributed by atoms with E-state index >= 15 is 0 Å². The molecule has 4 saturated carbocycles. The van der Waals surface area contributed by atoms with E-state index in [2.05, 4.69) is 10.3 Å². The second-order valence-electron chi connectivity index (χ2n) is 7.40. The van der Waals surface area contributed by atoms with Gasteiger partial charge >= 0.3 is 6.18 Å². The first-order valence-electron chi connectivity index (χ1n) is 8.26. The van der Waals surface area contributed by atoms with Crippen LogP contribution < -0.4 is 5.32 Å². The van der Waals surface area contributed by atoms with Crippen molar-refractivity contribution in [2.45, 2.75) is 38.3 Å². The van der Waals surface area contributed by atoms with Crippen LogP contribution in [0.25, 0.3) is 0 Å². The van der Waals surface area contributed by atoms with Crippen molar-refractivity contribution in [1.29, 1.82) is 0 Å². The first kappa shape index (κ1) is 14.3. The van der Waals surface area contributed by atoms with Gasteiger partial charge in [-0.1, -0.05) is 0 Å². The number of hydrogen-bond acceptors (Lipinski definition) is 2. The van der Waals surface area contributed by atoms with Gasteiger partial charge in [0.05, 0.1) is 5.56 Å². The Morgan fingerprint density at radius 1 is 1.05 bits per heavy atom. The molecule has 1 N–H and O–H groups in total. The van der Waals surface area contributed by atoms with Crippen molar-refractivity contribution in [2.24, 2.45) is 29.6 Å². The molecule has 0 saturated heterocycles. The summed E-state index contributed by atoms with van der Waals surface area (Å²) < 4.78 is 38.2. The van der Waals surface area contributed by atoms with Gasteiger partial charge in [0, 0.05) is 12.7 Å². The largest absolute Gasteiger partial charge is 0.416 e. The number of anilines is 1. The highest BCUT2D eigenvalue weighted by Crippen LogP contribution is 2.56. The van der Waals surface area contributed by atoms with E-state index in [1.54, 1.807) is 0 Å². The van der Waals surface area contributed by atoms with E-state index in [1.165, 1.54) is 38.3 Å². The lowest BCUT2D eigenvalue weighted by Gasteiger charge is -2.54. The van der Waals surface area contributed by atoms with Crippen LogP contribution >= 0.6 is 0 Å². The van der Waals surface area contributed by atoms with Crippen molar-refractivity contribution in [3.63, 3.8) is 0 Å². The second-order valence-corrected chi connectivity index (χ2v) is 7.40. The minimum Gasteiger partial charge on any atom is -0.370 e. The summed E-state index contributed by atoms with van der Waals surface area (Å²) >= 11 is 0. The van der Waals surface area contributed by atoms with E-state index in [4.69, 9.17) is 0 Å². The number of alkyl halides is 3. The van der Waals surface area contributed by atoms with Crippen LogP contribution in [-0.4, -0.2) is 11.5 Å². The number of hydrogen-bond donors (Lipinski definition) is 1. The van der Waals surface area contributed by atoms with Crippen LogP contribution in [-0.2, 0) is 6.18 Å². The second kappa shape index (κ2) is 5.14. The maximum absolute atomic E-state index is 12.7. The lowest BCUT2D eigenvalue weighted by atomic mass is 9.52. The molecule has 0 spiro atoms. The van der Waals surface area contributed by atoms with Crippen LogP contribution in [0.2, 0.25) is 0 Å². The third-order valence-electron chi connectivity index (χ3n) is 6.03. The Morgan fingerprint density at radius 3 is 2.27 bits per heavy atom. The highest BCUT2D eigenvalue weighted by Gasteiger charge is 2.47. The molecule has 4 fully saturated rings. The van der Waals surface area contributed by atoms with E-state index in [9.17, 15) is 13.2 Å². The van der Waals surface area contributed by atoms with Gasteiger partial charge in [-0.05, 0) is 73.8 Å². The fourth-order valence-corrected chi connectivity index (χ4v) is 5.30. The number of halogens is 3. The third-order valence-corrected chi connectivity index (χ3v) is 6.03. The third kappa shape index (κ3) is 2.59. The molecule has 4 aliphatic rings. The van der Waals surface area contributed by atoms with Gasteiger partial charge in [-0.25, -0.2) is 4.98 Å². The van der Waals surface area contributed by atoms with Crippen LogP contribution in [0.4, 0.5) is 19.0 Å². The molecule has 4 aliphatic carbocycles. The average Bonchev–Trinajstić information content (AvgIpc) is 2.45. The molecule has 22 heavy (non-hydrogen) atoms. The average molecular weight is 310 g/mol. The van der Waals surface area contributed by atoms with Gasteiger partial charge in [0.1, 0.15) is 5.82 Å². The zero-order chi connectivity index (χ0) is 15.3. The molecule has 5 rings (SSSR count). The normalized spacial score (nSPS) is 36.6. The highest BCUT2D eigenvalue weighted by atomic mass is 19.4. The Kier molecular flexibility index (Phi) is 3.35. The number of rotatable bonds is 3. The number of aromatic nitrogens is 1. The van der Waals surface area contributed by atoms with E-state index in [-0.39, 0.29) is 0 Å². The maximum atomic E-state index is 12.7. The van der Waals surface area contributed by atoms with E-state index in [1.807, 2.05) is 0 Å². The molecule has 120 valence electrons. The summed E-state index contributed by atoms with van der Waals surface area (Å²) in [5.74, 6) is 4.35. The predicted molar refractivity (Wildman–Crippen MR) is 78.3 cm³/mol. The Balaban J connectivity index is 1.43. The van der Waals surface area contributed by atoms with Gasteiger partial charge < -0.3 is 5.32 Å². The van der Waals surface area contributed by atoms with Gasteiger partial charge in [0.25, 0.3) is 0 Å². The number of nitrogens with zero attached hydrogens (tertiary/aromatic N) is 1. The Bertz CT molecular complexity index is 527. The summed E-state index contributed by atoms with van der Waals surface area (Å²) in [6.07, 6.45) is 3.67. The van der Waals surface area contributed by atoms with Crippen molar-refractivity contribution in [2.75, 3.05) is 11.9 Å². The minimum atomic E-state index is -4.30. The number of nitrogens with one attached hydrogen (secondary N) is 1. The first-order valence-corrected chi connectivity index (χ1v) is 8.26. The first-order chi connectivity index (χ1) is 10.5. The van der Waals surface area contributed by atoms with Crippen molar-refractivity contribution in [3.8, 4) is 0 Å². The molecule has 0 aliphatic heterocycles. The highest BCUT2D eigenvalue weighted by molar-refractivity contribution is 5.38. The van der Waals surface area contributed by atoms with Gasteiger partial charge in [0.15, 0.2) is 0 Å². The van der Waals surface area contributed by atoms with Crippen molar-refractivity contribution in [1.82, 2.24) is 4.98 Å². The van der Waals surface area contributed by atoms with Gasteiger partial charge in [-0.3, -0.25) is 0 Å². The fourth-order valence-electron chi connectivity index (χ4n) is 5.30. The molecule has 0 amide bonds. The summed E-state index contributed by atoms with van der Waals surface area (Å²) in [7, 11) is 0. The van der Waals surface area contributed by atoms with Crippen molar-refractivity contribution >= 4 is 5.82 Å². The lowest BCUT2D eigenvalue weighted by molar-refractivity contribution is -0.137. The molecule has 1 aromatic heterocycles. The molecule has 1 heterocycles. The quantitative estimate of drug-likeness (QED) is 0.883. The van der Waals surface area contributed by atoms with Crippen LogP contribution in [0.3, 0.4) is 0 Å². The molecular formula is C17H21F3N2. The Labute approximate surface area is 128 Å². The molecule has 0 unspecified atom stereocenters. The van der Waals surface area contributed by atoms with Crippen LogP contribution in [0, 0.1) is 29.6 Å². The van der Waals surface area contributed by atoms with Crippen molar-refractivity contribution in [3.05, 3.63) is 23.9 Å². The van der Waals surface area contributed by atoms with Crippen molar-refractivity contribution < 1.29 is 13.2 Å². The van der Waals surface area contributed by atoms with Crippen LogP contribution in [0.15, 0.2) is 18.3 Å². The summed E-state index contributed by atoms with van der Waals surface area (Å²) in [6.45, 7) is 0.767. The Hall–Kier alpha value is -1.26. The van der Waals surface area contributed by atoms with E-state index < -0.39 is 11.7 Å². The molecule has 0 aromatic carbocycles. The van der Waals surface area contributed by atoms with Crippen LogP contribution in [0.5, 0.6) is 0 Å². The smallest absolute Gasteiger partial charge is 0.370 e. The molecule has 1 aromatic rings. The van der Waals surface area contributed by atoms with Crippen LogP contribution in [0.1, 0.15) is 37.7 Å². The topological polar surface area (TPSA) is 24.9 Å². The molecule has 0 atom stereocenters. The van der Waals surface area contributed by atoms with Gasteiger partial charge in [-0.2, -0.15) is 13.2 Å². The zero-order valence-corrected chi connectivity index (χ0v) is 12.4. The molecule has 0 radical (unpaired) electrons. The lowest BCUT2D eigenvalue weighted by Crippen LogP contribution is -2.47. The predicted octanol–water partition coefficient (Wildman–Crippen LogP) is 4.58. The zero-order valence-electron chi connectivity index (χ0n) is 12.4. The summed E-state index contributed by atoms with van der Waals surface area (Å²) in [6, 6.07) is 2.14. The summed E-state index contributed by atoms with van der Waals surface area (Å²) in [5, 5.41) is 3.17. The fraction of sp³-hybridized carbons (Fsp3) is 0.706. The molecular weight excluding hydrogens is 289 g/mol. The van der Waals surface area contributed by atoms with Gasteiger partial charge in [0.2, 0.25) is 0 Å².